The summed E-state index contributed by atoms with van der Waals surface area (Å²) in [5.41, 5.74) is 2.94. The molecule has 0 spiro atoms. The van der Waals surface area contributed by atoms with E-state index in [-0.39, 0.29) is 6.03 Å². The number of carbonyl (C=O) groups excluding carboxylic acids is 1. The maximum Gasteiger partial charge on any atom is 0.317 e. The Morgan fingerprint density at radius 2 is 1.91 bits per heavy atom. The summed E-state index contributed by atoms with van der Waals surface area (Å²) in [7, 11) is 5.77. The van der Waals surface area contributed by atoms with Gasteiger partial charge in [-0.05, 0) is 24.6 Å². The minimum absolute atomic E-state index is 0.141. The molecule has 0 unspecified atom stereocenters. The number of anilines is 1. The van der Waals surface area contributed by atoms with Gasteiger partial charge in [0, 0.05) is 39.4 Å². The first-order chi connectivity index (χ1) is 10.5. The highest BCUT2D eigenvalue weighted by molar-refractivity contribution is 5.73. The molecule has 0 aliphatic carbocycles. The van der Waals surface area contributed by atoms with Crippen molar-refractivity contribution in [2.45, 2.75) is 20.0 Å². The first-order valence-corrected chi connectivity index (χ1v) is 7.13. The average Bonchev–Trinajstić information content (AvgIpc) is 2.91. The molecule has 6 nitrogen and oxygen atoms in total. The number of hydrogen-bond donors (Lipinski definition) is 1. The molecule has 2 rings (SSSR count). The van der Waals surface area contributed by atoms with Crippen LogP contribution >= 0.6 is 0 Å². The molecule has 1 aromatic heterocycles. The maximum atomic E-state index is 12.1. The number of aromatic nitrogens is 1. The summed E-state index contributed by atoms with van der Waals surface area (Å²) in [6.07, 6.45) is 0. The third kappa shape index (κ3) is 4.25. The van der Waals surface area contributed by atoms with E-state index in [4.69, 9.17) is 4.52 Å². The van der Waals surface area contributed by atoms with Gasteiger partial charge in [-0.3, -0.25) is 0 Å². The van der Waals surface area contributed by atoms with Crippen LogP contribution in [0.15, 0.2) is 34.9 Å². The molecular formula is C16H22N4O2. The van der Waals surface area contributed by atoms with Crippen LogP contribution in [0.5, 0.6) is 0 Å². The molecule has 0 atom stereocenters. The monoisotopic (exact) mass is 302 g/mol. The van der Waals surface area contributed by atoms with Crippen LogP contribution in [0.25, 0.3) is 0 Å². The lowest BCUT2D eigenvalue weighted by molar-refractivity contribution is 0.206. The van der Waals surface area contributed by atoms with E-state index in [9.17, 15) is 4.79 Å². The third-order valence-corrected chi connectivity index (χ3v) is 3.32. The molecule has 0 saturated carbocycles. The van der Waals surface area contributed by atoms with Crippen LogP contribution in [0, 0.1) is 6.92 Å². The molecule has 22 heavy (non-hydrogen) atoms. The van der Waals surface area contributed by atoms with E-state index in [2.05, 4.69) is 10.5 Å². The van der Waals surface area contributed by atoms with Crippen LogP contribution in [0.3, 0.4) is 0 Å². The molecule has 2 aromatic rings. The van der Waals surface area contributed by atoms with Crippen molar-refractivity contribution < 1.29 is 9.32 Å². The van der Waals surface area contributed by atoms with E-state index in [1.165, 1.54) is 0 Å². The topological polar surface area (TPSA) is 61.6 Å². The van der Waals surface area contributed by atoms with Crippen molar-refractivity contribution >= 4 is 11.7 Å². The molecule has 0 fully saturated rings. The van der Waals surface area contributed by atoms with E-state index in [1.54, 1.807) is 18.0 Å². The SMILES string of the molecule is Cc1cc(CNC(=O)N(C)Cc2ccc(N(C)C)cc2)no1. The van der Waals surface area contributed by atoms with Gasteiger partial charge < -0.3 is 19.6 Å². The van der Waals surface area contributed by atoms with Gasteiger partial charge in [0.2, 0.25) is 0 Å². The van der Waals surface area contributed by atoms with Crippen LogP contribution in [-0.4, -0.2) is 37.2 Å². The number of rotatable bonds is 5. The standard InChI is InChI=1S/C16H22N4O2/c1-12-9-14(18-22-12)10-17-16(21)20(4)11-13-5-7-15(8-6-13)19(2)3/h5-9H,10-11H2,1-4H3,(H,17,21). The summed E-state index contributed by atoms with van der Waals surface area (Å²) in [5.74, 6) is 0.735. The second kappa shape index (κ2) is 6.98. The number of nitrogens with one attached hydrogen (secondary N) is 1. The summed E-state index contributed by atoms with van der Waals surface area (Å²) >= 11 is 0. The number of carbonyl (C=O) groups is 1. The Balaban J connectivity index is 1.85. The zero-order chi connectivity index (χ0) is 16.1. The fraction of sp³-hybridized carbons (Fsp3) is 0.375. The fourth-order valence-electron chi connectivity index (χ4n) is 2.05. The summed E-state index contributed by atoms with van der Waals surface area (Å²) in [6, 6.07) is 9.80. The molecule has 0 aliphatic heterocycles. The number of nitrogens with zero attached hydrogens (tertiary/aromatic N) is 3. The van der Waals surface area contributed by atoms with Crippen LogP contribution in [0.1, 0.15) is 17.0 Å². The Morgan fingerprint density at radius 3 is 2.45 bits per heavy atom. The lowest BCUT2D eigenvalue weighted by Gasteiger charge is -2.18. The number of amides is 2. The van der Waals surface area contributed by atoms with Crippen LogP contribution < -0.4 is 10.2 Å². The third-order valence-electron chi connectivity index (χ3n) is 3.32. The number of aryl methyl sites for hydroxylation is 1. The van der Waals surface area contributed by atoms with Gasteiger partial charge in [-0.2, -0.15) is 0 Å². The van der Waals surface area contributed by atoms with Gasteiger partial charge in [-0.25, -0.2) is 4.79 Å². The lowest BCUT2D eigenvalue weighted by atomic mass is 10.2. The van der Waals surface area contributed by atoms with Crippen LogP contribution in [-0.2, 0) is 13.1 Å². The normalized spacial score (nSPS) is 10.4. The van der Waals surface area contributed by atoms with Gasteiger partial charge in [0.15, 0.2) is 0 Å². The second-order valence-corrected chi connectivity index (χ2v) is 5.50. The van der Waals surface area contributed by atoms with Crippen molar-refractivity contribution in [3.8, 4) is 0 Å². The molecule has 1 heterocycles. The molecular weight excluding hydrogens is 280 g/mol. The maximum absolute atomic E-state index is 12.1. The van der Waals surface area contributed by atoms with Gasteiger partial charge in [0.1, 0.15) is 11.5 Å². The second-order valence-electron chi connectivity index (χ2n) is 5.50. The summed E-state index contributed by atoms with van der Waals surface area (Å²) in [6.45, 7) is 2.74. The first-order valence-electron chi connectivity index (χ1n) is 7.13. The van der Waals surface area contributed by atoms with Gasteiger partial charge >= 0.3 is 6.03 Å². The van der Waals surface area contributed by atoms with Crippen LogP contribution in [0.2, 0.25) is 0 Å². The zero-order valence-corrected chi connectivity index (χ0v) is 13.5. The van der Waals surface area contributed by atoms with Crippen molar-refractivity contribution in [2.24, 2.45) is 0 Å². The van der Waals surface area contributed by atoms with Crippen molar-refractivity contribution in [3.63, 3.8) is 0 Å². The molecule has 2 amide bonds. The predicted molar refractivity (Wildman–Crippen MR) is 85.7 cm³/mol. The summed E-state index contributed by atoms with van der Waals surface area (Å²) < 4.78 is 4.96. The quantitative estimate of drug-likeness (QED) is 0.921. The Labute approximate surface area is 130 Å². The lowest BCUT2D eigenvalue weighted by Crippen LogP contribution is -2.36. The average molecular weight is 302 g/mol. The summed E-state index contributed by atoms with van der Waals surface area (Å²) in [5, 5.41) is 6.66. The molecule has 0 aliphatic rings. The highest BCUT2D eigenvalue weighted by Gasteiger charge is 2.10. The Hall–Kier alpha value is -2.50. The first kappa shape index (κ1) is 15.9. The highest BCUT2D eigenvalue weighted by Crippen LogP contribution is 2.13. The molecule has 0 radical (unpaired) electrons. The van der Waals surface area contributed by atoms with Crippen molar-refractivity contribution in [1.29, 1.82) is 0 Å². The van der Waals surface area contributed by atoms with Crippen molar-refractivity contribution in [2.75, 3.05) is 26.0 Å². The minimum Gasteiger partial charge on any atom is -0.378 e. The van der Waals surface area contributed by atoms with Gasteiger partial charge in [-0.15, -0.1) is 0 Å². The molecule has 118 valence electrons. The van der Waals surface area contributed by atoms with Crippen LogP contribution in [0.4, 0.5) is 10.5 Å². The molecule has 1 aromatic carbocycles. The van der Waals surface area contributed by atoms with Gasteiger partial charge in [0.25, 0.3) is 0 Å². The minimum atomic E-state index is -0.141. The Kier molecular flexibility index (Phi) is 5.04. The molecule has 1 N–H and O–H groups in total. The van der Waals surface area contributed by atoms with E-state index < -0.39 is 0 Å². The molecule has 0 saturated heterocycles. The van der Waals surface area contributed by atoms with Gasteiger partial charge in [-0.1, -0.05) is 17.3 Å². The van der Waals surface area contributed by atoms with E-state index in [0.29, 0.717) is 13.1 Å². The Bertz CT molecular complexity index is 619. The van der Waals surface area contributed by atoms with Crippen molar-refractivity contribution in [3.05, 3.63) is 47.3 Å². The molecule has 6 heteroatoms. The summed E-state index contributed by atoms with van der Waals surface area (Å²) in [4.78, 5) is 15.7. The number of urea groups is 1. The fourth-order valence-corrected chi connectivity index (χ4v) is 2.05. The van der Waals surface area contributed by atoms with E-state index in [0.717, 1.165) is 22.7 Å². The van der Waals surface area contributed by atoms with Crippen molar-refractivity contribution in [1.82, 2.24) is 15.4 Å². The largest absolute Gasteiger partial charge is 0.378 e. The zero-order valence-electron chi connectivity index (χ0n) is 13.5. The number of hydrogen-bond acceptors (Lipinski definition) is 4. The smallest absolute Gasteiger partial charge is 0.317 e. The number of benzene rings is 1. The van der Waals surface area contributed by atoms with E-state index in [1.807, 2.05) is 50.2 Å². The predicted octanol–water partition coefficient (Wildman–Crippen LogP) is 2.39. The van der Waals surface area contributed by atoms with E-state index >= 15 is 0 Å². The Morgan fingerprint density at radius 1 is 1.23 bits per heavy atom. The van der Waals surface area contributed by atoms with Gasteiger partial charge in [0.05, 0.1) is 6.54 Å². The molecule has 0 bridgehead atoms. The highest BCUT2D eigenvalue weighted by atomic mass is 16.5.